The summed E-state index contributed by atoms with van der Waals surface area (Å²) in [6, 6.07) is 68.7. The quantitative estimate of drug-likeness (QED) is 0.171. The minimum atomic E-state index is 0.634. The molecule has 11 aromatic rings. The van der Waals surface area contributed by atoms with Gasteiger partial charge in [0.2, 0.25) is 0 Å². The zero-order chi connectivity index (χ0) is 37.0. The Bertz CT molecular complexity index is 3160. The van der Waals surface area contributed by atoms with Crippen LogP contribution in [0.2, 0.25) is 0 Å². The van der Waals surface area contributed by atoms with Crippen molar-refractivity contribution >= 4 is 53.3 Å². The maximum Gasteiger partial charge on any atom is 0.164 e. The molecule has 3 aromatic heterocycles. The van der Waals surface area contributed by atoms with Gasteiger partial charge in [-0.25, -0.2) is 15.0 Å². The van der Waals surface area contributed by atoms with Gasteiger partial charge in [0.15, 0.2) is 17.5 Å². The normalized spacial score (nSPS) is 11.6. The number of para-hydroxylation sites is 1. The largest absolute Gasteiger partial charge is 0.309 e. The lowest BCUT2D eigenvalue weighted by Gasteiger charge is -2.13. The van der Waals surface area contributed by atoms with Gasteiger partial charge >= 0.3 is 0 Å². The molecule has 11 rings (SSSR count). The van der Waals surface area contributed by atoms with Crippen molar-refractivity contribution in [1.82, 2.24) is 19.5 Å². The molecule has 4 nitrogen and oxygen atoms in total. The van der Waals surface area contributed by atoms with Gasteiger partial charge in [-0.1, -0.05) is 164 Å². The van der Waals surface area contributed by atoms with Crippen molar-refractivity contribution in [3.05, 3.63) is 194 Å². The van der Waals surface area contributed by atoms with Crippen LogP contribution in [-0.4, -0.2) is 19.5 Å². The van der Waals surface area contributed by atoms with Gasteiger partial charge in [-0.05, 0) is 47.0 Å². The Hall–Kier alpha value is -7.21. The molecule has 0 aliphatic rings. The summed E-state index contributed by atoms with van der Waals surface area (Å²) in [5, 5.41) is 4.90. The lowest BCUT2D eigenvalue weighted by molar-refractivity contribution is 1.07. The highest BCUT2D eigenvalue weighted by Crippen LogP contribution is 2.44. The second kappa shape index (κ2) is 13.3. The van der Waals surface area contributed by atoms with E-state index in [0.717, 1.165) is 33.4 Å². The first-order valence-electron chi connectivity index (χ1n) is 18.8. The molecule has 0 aliphatic carbocycles. The van der Waals surface area contributed by atoms with E-state index in [2.05, 4.69) is 138 Å². The predicted octanol–water partition coefficient (Wildman–Crippen LogP) is 13.7. The van der Waals surface area contributed by atoms with Crippen LogP contribution in [-0.2, 0) is 0 Å². The summed E-state index contributed by atoms with van der Waals surface area (Å²) in [5.41, 5.74) is 11.0. The van der Waals surface area contributed by atoms with Gasteiger partial charge in [0.1, 0.15) is 0 Å². The Morgan fingerprint density at radius 1 is 0.339 bits per heavy atom. The van der Waals surface area contributed by atoms with E-state index >= 15 is 0 Å². The number of benzene rings is 8. The number of rotatable bonds is 6. The molecular formula is C51H32N4S. The topological polar surface area (TPSA) is 43.6 Å². The highest BCUT2D eigenvalue weighted by molar-refractivity contribution is 7.26. The van der Waals surface area contributed by atoms with Crippen LogP contribution < -0.4 is 0 Å². The number of hydrogen-bond acceptors (Lipinski definition) is 4. The standard InChI is InChI=1S/C51H32N4S/c1-4-14-33(15-5-1)34-24-26-35(27-25-34)43-31-39(32-44-42-21-11-13-23-47(42)56-48(43)44)55-45-22-12-10-20-40(45)41-29-28-38(30-46(41)55)51-53-49(36-16-6-2-7-17-36)52-50(54-51)37-18-8-3-9-19-37/h1-32H. The molecule has 0 aliphatic heterocycles. The number of fused-ring (bicyclic) bond motifs is 6. The van der Waals surface area contributed by atoms with Crippen molar-refractivity contribution in [3.8, 4) is 62.1 Å². The minimum absolute atomic E-state index is 0.634. The fourth-order valence-corrected chi connectivity index (χ4v) is 9.17. The van der Waals surface area contributed by atoms with Crippen LogP contribution in [0.5, 0.6) is 0 Å². The van der Waals surface area contributed by atoms with Crippen molar-refractivity contribution in [2.24, 2.45) is 0 Å². The molecule has 0 spiro atoms. The number of hydrogen-bond donors (Lipinski definition) is 0. The highest BCUT2D eigenvalue weighted by atomic mass is 32.1. The average Bonchev–Trinajstić information content (AvgIpc) is 3.82. The number of nitrogens with zero attached hydrogens (tertiary/aromatic N) is 4. The Morgan fingerprint density at radius 2 is 0.839 bits per heavy atom. The van der Waals surface area contributed by atoms with E-state index in [0.29, 0.717) is 17.5 Å². The van der Waals surface area contributed by atoms with Gasteiger partial charge in [0.25, 0.3) is 0 Å². The molecule has 0 fully saturated rings. The van der Waals surface area contributed by atoms with Gasteiger partial charge in [-0.3, -0.25) is 0 Å². The first kappa shape index (κ1) is 32.2. The summed E-state index contributed by atoms with van der Waals surface area (Å²) in [7, 11) is 0. The highest BCUT2D eigenvalue weighted by Gasteiger charge is 2.19. The van der Waals surface area contributed by atoms with Crippen molar-refractivity contribution in [3.63, 3.8) is 0 Å². The third-order valence-corrected chi connectivity index (χ3v) is 11.9. The van der Waals surface area contributed by atoms with Crippen molar-refractivity contribution < 1.29 is 0 Å². The second-order valence-electron chi connectivity index (χ2n) is 14.0. The fourth-order valence-electron chi connectivity index (χ4n) is 7.95. The van der Waals surface area contributed by atoms with Crippen LogP contribution in [0, 0.1) is 0 Å². The molecule has 0 N–H and O–H groups in total. The molecule has 0 amide bonds. The Kier molecular flexibility index (Phi) is 7.64. The molecule has 0 unspecified atom stereocenters. The summed E-state index contributed by atoms with van der Waals surface area (Å²) < 4.78 is 4.99. The fraction of sp³-hybridized carbons (Fsp3) is 0. The van der Waals surface area contributed by atoms with E-state index in [-0.39, 0.29) is 0 Å². The van der Waals surface area contributed by atoms with Crippen molar-refractivity contribution in [2.75, 3.05) is 0 Å². The first-order chi connectivity index (χ1) is 27.7. The van der Waals surface area contributed by atoms with Gasteiger partial charge in [-0.2, -0.15) is 0 Å². The summed E-state index contributed by atoms with van der Waals surface area (Å²) in [6.45, 7) is 0. The summed E-state index contributed by atoms with van der Waals surface area (Å²) in [5.74, 6) is 1.93. The third kappa shape index (κ3) is 5.48. The van der Waals surface area contributed by atoms with Crippen LogP contribution >= 0.6 is 11.3 Å². The molecule has 0 saturated heterocycles. The van der Waals surface area contributed by atoms with E-state index in [1.807, 2.05) is 72.0 Å². The lowest BCUT2D eigenvalue weighted by atomic mass is 9.98. The monoisotopic (exact) mass is 732 g/mol. The molecule has 262 valence electrons. The van der Waals surface area contributed by atoms with Gasteiger partial charge in [-0.15, -0.1) is 11.3 Å². The molecule has 0 radical (unpaired) electrons. The Morgan fingerprint density at radius 3 is 1.52 bits per heavy atom. The smallest absolute Gasteiger partial charge is 0.164 e. The van der Waals surface area contributed by atoms with Crippen molar-refractivity contribution in [2.45, 2.75) is 0 Å². The van der Waals surface area contributed by atoms with E-state index in [1.54, 1.807) is 0 Å². The van der Waals surface area contributed by atoms with E-state index in [4.69, 9.17) is 15.0 Å². The maximum absolute atomic E-state index is 5.08. The van der Waals surface area contributed by atoms with Gasteiger partial charge in [0.05, 0.1) is 11.0 Å². The number of thiophene rings is 1. The van der Waals surface area contributed by atoms with Gasteiger partial charge in [0, 0.05) is 58.9 Å². The molecule has 0 atom stereocenters. The van der Waals surface area contributed by atoms with Gasteiger partial charge < -0.3 is 4.57 Å². The predicted molar refractivity (Wildman–Crippen MR) is 234 cm³/mol. The SMILES string of the molecule is c1ccc(-c2ccc(-c3cc(-n4c5ccccc5c5ccc(-c6nc(-c7ccccc7)nc(-c7ccccc7)n6)cc54)cc4c3sc3ccccc34)cc2)cc1. The molecule has 0 saturated carbocycles. The summed E-state index contributed by atoms with van der Waals surface area (Å²) in [6.07, 6.45) is 0. The average molecular weight is 733 g/mol. The maximum atomic E-state index is 5.08. The first-order valence-corrected chi connectivity index (χ1v) is 19.6. The second-order valence-corrected chi connectivity index (χ2v) is 15.1. The molecule has 5 heteroatoms. The Labute approximate surface area is 327 Å². The van der Waals surface area contributed by atoms with E-state index < -0.39 is 0 Å². The number of aromatic nitrogens is 4. The molecular weight excluding hydrogens is 701 g/mol. The minimum Gasteiger partial charge on any atom is -0.309 e. The molecule has 8 aromatic carbocycles. The zero-order valence-electron chi connectivity index (χ0n) is 30.2. The van der Waals surface area contributed by atoms with Crippen LogP contribution in [0.25, 0.3) is 104 Å². The Balaban J connectivity index is 1.14. The summed E-state index contributed by atoms with van der Waals surface area (Å²) in [4.78, 5) is 15.1. The molecule has 56 heavy (non-hydrogen) atoms. The molecule has 0 bridgehead atoms. The third-order valence-electron chi connectivity index (χ3n) is 10.7. The lowest BCUT2D eigenvalue weighted by Crippen LogP contribution is -2.00. The summed E-state index contributed by atoms with van der Waals surface area (Å²) >= 11 is 1.86. The van der Waals surface area contributed by atoms with Crippen LogP contribution in [0.4, 0.5) is 0 Å². The molecule has 3 heterocycles. The van der Waals surface area contributed by atoms with Crippen molar-refractivity contribution in [1.29, 1.82) is 0 Å². The van der Waals surface area contributed by atoms with Crippen LogP contribution in [0.15, 0.2) is 194 Å². The van der Waals surface area contributed by atoms with E-state index in [1.165, 1.54) is 53.2 Å². The van der Waals surface area contributed by atoms with Crippen LogP contribution in [0.3, 0.4) is 0 Å². The zero-order valence-corrected chi connectivity index (χ0v) is 31.0. The van der Waals surface area contributed by atoms with Crippen LogP contribution in [0.1, 0.15) is 0 Å². The van der Waals surface area contributed by atoms with E-state index in [9.17, 15) is 0 Å².